The molecule has 66 valence electrons. The fourth-order valence-corrected chi connectivity index (χ4v) is 2.34. The summed E-state index contributed by atoms with van der Waals surface area (Å²) in [6.45, 7) is 0.141. The van der Waals surface area contributed by atoms with Gasteiger partial charge in [-0.3, -0.25) is 4.79 Å². The van der Waals surface area contributed by atoms with Gasteiger partial charge in [0.25, 0.3) is 0 Å². The molecule has 0 atom stereocenters. The first kappa shape index (κ1) is 9.40. The van der Waals surface area contributed by atoms with Gasteiger partial charge in [0, 0.05) is 5.92 Å². The van der Waals surface area contributed by atoms with Crippen LogP contribution in [-0.2, 0) is 4.79 Å². The summed E-state index contributed by atoms with van der Waals surface area (Å²) in [6, 6.07) is 1.90. The van der Waals surface area contributed by atoms with E-state index in [0.29, 0.717) is 0 Å². The van der Waals surface area contributed by atoms with Gasteiger partial charge in [0.15, 0.2) is 0 Å². The predicted molar refractivity (Wildman–Crippen MR) is 48.7 cm³/mol. The maximum absolute atomic E-state index is 11.3. The normalized spacial score (nSPS) is 18.2. The van der Waals surface area contributed by atoms with E-state index in [2.05, 4.69) is 5.32 Å². The first-order chi connectivity index (χ1) is 5.84. The molecule has 1 N–H and O–H groups in total. The van der Waals surface area contributed by atoms with Gasteiger partial charge in [-0.05, 0) is 24.3 Å². The minimum absolute atomic E-state index is 0.0526. The summed E-state index contributed by atoms with van der Waals surface area (Å²) in [5.74, 6) is 2.35. The van der Waals surface area contributed by atoms with E-state index in [9.17, 15) is 4.79 Å². The number of nitriles is 1. The molecule has 1 saturated heterocycles. The van der Waals surface area contributed by atoms with Crippen molar-refractivity contribution in [2.45, 2.75) is 12.8 Å². The van der Waals surface area contributed by atoms with E-state index in [-0.39, 0.29) is 18.4 Å². The largest absolute Gasteiger partial charge is 0.343 e. The maximum atomic E-state index is 11.3. The molecule has 1 heterocycles. The van der Waals surface area contributed by atoms with Gasteiger partial charge in [-0.1, -0.05) is 0 Å². The highest BCUT2D eigenvalue weighted by molar-refractivity contribution is 7.99. The lowest BCUT2D eigenvalue weighted by atomic mass is 10.0. The van der Waals surface area contributed by atoms with Crippen molar-refractivity contribution in [1.29, 1.82) is 5.26 Å². The Kier molecular flexibility index (Phi) is 3.95. The maximum Gasteiger partial charge on any atom is 0.223 e. The highest BCUT2D eigenvalue weighted by atomic mass is 32.2. The summed E-state index contributed by atoms with van der Waals surface area (Å²) in [4.78, 5) is 11.3. The zero-order valence-electron chi connectivity index (χ0n) is 6.88. The molecule has 4 heteroatoms. The summed E-state index contributed by atoms with van der Waals surface area (Å²) in [5.41, 5.74) is 0. The summed E-state index contributed by atoms with van der Waals surface area (Å²) < 4.78 is 0. The van der Waals surface area contributed by atoms with Gasteiger partial charge in [0.2, 0.25) is 5.91 Å². The van der Waals surface area contributed by atoms with Crippen molar-refractivity contribution in [2.75, 3.05) is 18.1 Å². The molecule has 1 aliphatic rings. The Labute approximate surface area is 76.5 Å². The van der Waals surface area contributed by atoms with E-state index in [1.807, 2.05) is 17.8 Å². The topological polar surface area (TPSA) is 52.9 Å². The Morgan fingerprint density at radius 2 is 2.25 bits per heavy atom. The Balaban J connectivity index is 2.26. The zero-order chi connectivity index (χ0) is 8.81. The summed E-state index contributed by atoms with van der Waals surface area (Å²) >= 11 is 1.89. The average molecular weight is 184 g/mol. The number of hydrogen-bond acceptors (Lipinski definition) is 3. The first-order valence-electron chi connectivity index (χ1n) is 4.07. The van der Waals surface area contributed by atoms with Crippen molar-refractivity contribution in [1.82, 2.24) is 5.32 Å². The minimum Gasteiger partial charge on any atom is -0.343 e. The molecule has 1 fully saturated rings. The fourth-order valence-electron chi connectivity index (χ4n) is 1.23. The van der Waals surface area contributed by atoms with Crippen molar-refractivity contribution in [3.63, 3.8) is 0 Å². The van der Waals surface area contributed by atoms with Crippen LogP contribution >= 0.6 is 11.8 Å². The summed E-state index contributed by atoms with van der Waals surface area (Å²) in [6.07, 6.45) is 1.92. The predicted octanol–water partition coefficient (Wildman–Crippen LogP) is 0.769. The van der Waals surface area contributed by atoms with Crippen LogP contribution in [-0.4, -0.2) is 24.0 Å². The molecule has 3 nitrogen and oxygen atoms in total. The number of carbonyl (C=O) groups excluding carboxylic acids is 1. The van der Waals surface area contributed by atoms with E-state index in [1.54, 1.807) is 0 Å². The molecule has 0 saturated carbocycles. The van der Waals surface area contributed by atoms with Crippen LogP contribution < -0.4 is 5.32 Å². The molecular weight excluding hydrogens is 172 g/mol. The number of rotatable bonds is 2. The number of thioether (sulfide) groups is 1. The van der Waals surface area contributed by atoms with Crippen molar-refractivity contribution < 1.29 is 4.79 Å². The molecule has 1 aliphatic heterocycles. The fraction of sp³-hybridized carbons (Fsp3) is 0.750. The van der Waals surface area contributed by atoms with E-state index in [4.69, 9.17) is 5.26 Å². The monoisotopic (exact) mass is 184 g/mol. The van der Waals surface area contributed by atoms with Crippen LogP contribution in [0.25, 0.3) is 0 Å². The number of hydrogen-bond donors (Lipinski definition) is 1. The quantitative estimate of drug-likeness (QED) is 0.645. The molecule has 1 amide bonds. The van der Waals surface area contributed by atoms with Crippen molar-refractivity contribution in [3.05, 3.63) is 0 Å². The van der Waals surface area contributed by atoms with E-state index >= 15 is 0 Å². The lowest BCUT2D eigenvalue weighted by Gasteiger charge is -2.19. The molecule has 0 aromatic carbocycles. The van der Waals surface area contributed by atoms with Crippen LogP contribution in [0.5, 0.6) is 0 Å². The van der Waals surface area contributed by atoms with Crippen molar-refractivity contribution in [3.8, 4) is 6.07 Å². The number of nitrogens with one attached hydrogen (secondary N) is 1. The molecule has 0 aliphatic carbocycles. The minimum atomic E-state index is 0.0526. The van der Waals surface area contributed by atoms with Gasteiger partial charge >= 0.3 is 0 Å². The second kappa shape index (κ2) is 5.04. The smallest absolute Gasteiger partial charge is 0.223 e. The lowest BCUT2D eigenvalue weighted by Crippen LogP contribution is -2.32. The Hall–Kier alpha value is -0.690. The van der Waals surface area contributed by atoms with Crippen LogP contribution in [0.1, 0.15) is 12.8 Å². The third-order valence-electron chi connectivity index (χ3n) is 1.93. The molecule has 0 unspecified atom stereocenters. The average Bonchev–Trinajstić information content (AvgIpc) is 2.15. The van der Waals surface area contributed by atoms with Crippen LogP contribution in [0, 0.1) is 17.2 Å². The molecule has 0 bridgehead atoms. The molecule has 0 aromatic heterocycles. The Morgan fingerprint density at radius 3 is 2.83 bits per heavy atom. The van der Waals surface area contributed by atoms with E-state index in [1.165, 1.54) is 0 Å². The van der Waals surface area contributed by atoms with Crippen molar-refractivity contribution in [2.24, 2.45) is 5.92 Å². The number of amides is 1. The third-order valence-corrected chi connectivity index (χ3v) is 2.98. The molecule has 0 spiro atoms. The number of carbonyl (C=O) groups is 1. The third kappa shape index (κ3) is 2.74. The SMILES string of the molecule is N#CCNC(=O)C1CCSCC1. The first-order valence-corrected chi connectivity index (χ1v) is 5.22. The molecule has 12 heavy (non-hydrogen) atoms. The molecule has 0 aromatic rings. The standard InChI is InChI=1S/C8H12N2OS/c9-3-4-10-8(11)7-1-5-12-6-2-7/h7H,1-2,4-6H2,(H,10,11). The summed E-state index contributed by atoms with van der Waals surface area (Å²) in [5, 5.41) is 10.8. The molecule has 1 rings (SSSR count). The molecule has 0 radical (unpaired) electrons. The van der Waals surface area contributed by atoms with Gasteiger partial charge in [-0.2, -0.15) is 17.0 Å². The lowest BCUT2D eigenvalue weighted by molar-refractivity contribution is -0.124. The summed E-state index contributed by atoms with van der Waals surface area (Å²) in [7, 11) is 0. The van der Waals surface area contributed by atoms with Gasteiger partial charge in [0.1, 0.15) is 6.54 Å². The van der Waals surface area contributed by atoms with Gasteiger partial charge < -0.3 is 5.32 Å². The van der Waals surface area contributed by atoms with Crippen molar-refractivity contribution >= 4 is 17.7 Å². The second-order valence-corrected chi connectivity index (χ2v) is 3.99. The van der Waals surface area contributed by atoms with Gasteiger partial charge in [-0.15, -0.1) is 0 Å². The van der Waals surface area contributed by atoms with E-state index in [0.717, 1.165) is 24.3 Å². The Morgan fingerprint density at radius 1 is 1.58 bits per heavy atom. The van der Waals surface area contributed by atoms with Crippen LogP contribution in [0.15, 0.2) is 0 Å². The van der Waals surface area contributed by atoms with Gasteiger partial charge in [-0.25, -0.2) is 0 Å². The Bertz CT molecular complexity index is 194. The number of nitrogens with zero attached hydrogens (tertiary/aromatic N) is 1. The zero-order valence-corrected chi connectivity index (χ0v) is 7.69. The highest BCUT2D eigenvalue weighted by Crippen LogP contribution is 2.22. The van der Waals surface area contributed by atoms with Crippen LogP contribution in [0.2, 0.25) is 0 Å². The van der Waals surface area contributed by atoms with Gasteiger partial charge in [0.05, 0.1) is 6.07 Å². The second-order valence-electron chi connectivity index (χ2n) is 2.76. The van der Waals surface area contributed by atoms with Crippen LogP contribution in [0.3, 0.4) is 0 Å². The van der Waals surface area contributed by atoms with Crippen LogP contribution in [0.4, 0.5) is 0 Å². The highest BCUT2D eigenvalue weighted by Gasteiger charge is 2.20. The van der Waals surface area contributed by atoms with E-state index < -0.39 is 0 Å². The molecular formula is C8H12N2OS.